The zero-order valence-corrected chi connectivity index (χ0v) is 15.1. The Labute approximate surface area is 148 Å². The van der Waals surface area contributed by atoms with E-state index in [9.17, 15) is 4.79 Å². The summed E-state index contributed by atoms with van der Waals surface area (Å²) >= 11 is 11.5. The molecule has 1 aromatic carbocycles. The van der Waals surface area contributed by atoms with Crippen LogP contribution in [0.5, 0.6) is 11.5 Å². The number of carbonyl (C=O) groups excluding carboxylic acids is 1. The van der Waals surface area contributed by atoms with Gasteiger partial charge in [0, 0.05) is 43.9 Å². The summed E-state index contributed by atoms with van der Waals surface area (Å²) in [4.78, 5) is 14.4. The molecule has 0 saturated heterocycles. The summed E-state index contributed by atoms with van der Waals surface area (Å²) in [5, 5.41) is 0. The van der Waals surface area contributed by atoms with E-state index < -0.39 is 0 Å². The van der Waals surface area contributed by atoms with Crippen molar-refractivity contribution in [3.8, 4) is 11.5 Å². The normalized spacial score (nSPS) is 10.2. The Kier molecular flexibility index (Phi) is 11.5. The van der Waals surface area contributed by atoms with Gasteiger partial charge in [-0.05, 0) is 12.1 Å². The Morgan fingerprint density at radius 1 is 1.09 bits per heavy atom. The van der Waals surface area contributed by atoms with Crippen LogP contribution in [0.4, 0.5) is 0 Å². The molecule has 0 aromatic heterocycles. The van der Waals surface area contributed by atoms with Gasteiger partial charge in [0.1, 0.15) is 11.5 Å². The summed E-state index contributed by atoms with van der Waals surface area (Å²) in [6.07, 6.45) is 0.399. The van der Waals surface area contributed by atoms with Gasteiger partial charge in [-0.15, -0.1) is 35.6 Å². The highest BCUT2D eigenvalue weighted by Crippen LogP contribution is 2.25. The SMILES string of the molecule is COc1ccc(C(=O)CCN(CCCl)CCCl)c(OC)c1.Cl. The topological polar surface area (TPSA) is 38.8 Å². The first-order valence-corrected chi connectivity index (χ1v) is 7.82. The van der Waals surface area contributed by atoms with Crippen molar-refractivity contribution >= 4 is 41.4 Å². The Hall–Kier alpha value is -0.680. The minimum atomic E-state index is 0. The van der Waals surface area contributed by atoms with E-state index in [1.54, 1.807) is 32.4 Å². The van der Waals surface area contributed by atoms with Crippen LogP contribution in [0.25, 0.3) is 0 Å². The molecule has 0 N–H and O–H groups in total. The molecule has 7 heteroatoms. The quantitative estimate of drug-likeness (QED) is 0.467. The van der Waals surface area contributed by atoms with Crippen LogP contribution >= 0.6 is 35.6 Å². The summed E-state index contributed by atoms with van der Waals surface area (Å²) in [6.45, 7) is 2.08. The highest BCUT2D eigenvalue weighted by atomic mass is 35.5. The lowest BCUT2D eigenvalue weighted by atomic mass is 10.1. The van der Waals surface area contributed by atoms with Gasteiger partial charge < -0.3 is 14.4 Å². The number of hydrogen-bond acceptors (Lipinski definition) is 4. The largest absolute Gasteiger partial charge is 0.497 e. The lowest BCUT2D eigenvalue weighted by Crippen LogP contribution is -2.30. The third-order valence-electron chi connectivity index (χ3n) is 3.17. The number of benzene rings is 1. The van der Waals surface area contributed by atoms with Crippen LogP contribution in [-0.2, 0) is 0 Å². The molecule has 1 aromatic rings. The number of Topliss-reactive ketones (excluding diaryl/α,β-unsaturated/α-hetero) is 1. The Morgan fingerprint density at radius 3 is 2.23 bits per heavy atom. The second-order valence-corrected chi connectivity index (χ2v) is 5.21. The van der Waals surface area contributed by atoms with Gasteiger partial charge in [-0.2, -0.15) is 0 Å². The summed E-state index contributed by atoms with van der Waals surface area (Å²) in [5.41, 5.74) is 0.565. The van der Waals surface area contributed by atoms with Crippen LogP contribution in [0.15, 0.2) is 18.2 Å². The molecule has 0 radical (unpaired) electrons. The molecular weight excluding hydrogens is 349 g/mol. The van der Waals surface area contributed by atoms with Crippen molar-refractivity contribution in [3.05, 3.63) is 23.8 Å². The van der Waals surface area contributed by atoms with Gasteiger partial charge >= 0.3 is 0 Å². The fraction of sp³-hybridized carbons (Fsp3) is 0.533. The Morgan fingerprint density at radius 2 is 1.73 bits per heavy atom. The van der Waals surface area contributed by atoms with Crippen LogP contribution in [0.2, 0.25) is 0 Å². The molecule has 126 valence electrons. The van der Waals surface area contributed by atoms with E-state index in [2.05, 4.69) is 4.90 Å². The van der Waals surface area contributed by atoms with Crippen molar-refractivity contribution in [2.24, 2.45) is 0 Å². The van der Waals surface area contributed by atoms with Crippen LogP contribution in [0.1, 0.15) is 16.8 Å². The average Bonchev–Trinajstić information content (AvgIpc) is 2.52. The molecule has 0 unspecified atom stereocenters. The zero-order valence-electron chi connectivity index (χ0n) is 12.8. The van der Waals surface area contributed by atoms with Gasteiger partial charge in [-0.1, -0.05) is 0 Å². The monoisotopic (exact) mass is 369 g/mol. The molecular formula is C15H22Cl3NO3. The van der Waals surface area contributed by atoms with Crippen LogP contribution in [-0.4, -0.2) is 56.3 Å². The first-order chi connectivity index (χ1) is 10.2. The molecule has 0 saturated carbocycles. The highest BCUT2D eigenvalue weighted by Gasteiger charge is 2.14. The number of ketones is 1. The van der Waals surface area contributed by atoms with Gasteiger partial charge in [-0.3, -0.25) is 4.79 Å². The maximum absolute atomic E-state index is 12.3. The number of ether oxygens (including phenoxy) is 2. The lowest BCUT2D eigenvalue weighted by Gasteiger charge is -2.19. The molecule has 0 heterocycles. The third-order valence-corrected chi connectivity index (χ3v) is 3.50. The number of alkyl halides is 2. The van der Waals surface area contributed by atoms with Crippen molar-refractivity contribution in [1.82, 2.24) is 4.90 Å². The number of methoxy groups -OCH3 is 2. The Balaban J connectivity index is 0.00000441. The van der Waals surface area contributed by atoms with Gasteiger partial charge in [0.25, 0.3) is 0 Å². The number of carbonyl (C=O) groups is 1. The predicted molar refractivity (Wildman–Crippen MR) is 93.6 cm³/mol. The molecule has 0 atom stereocenters. The lowest BCUT2D eigenvalue weighted by molar-refractivity contribution is 0.0963. The van der Waals surface area contributed by atoms with Crippen molar-refractivity contribution in [1.29, 1.82) is 0 Å². The minimum Gasteiger partial charge on any atom is -0.497 e. The fourth-order valence-electron chi connectivity index (χ4n) is 2.00. The molecule has 1 rings (SSSR count). The first kappa shape index (κ1) is 21.3. The second-order valence-electron chi connectivity index (χ2n) is 4.46. The number of halogens is 3. The van der Waals surface area contributed by atoms with Gasteiger partial charge in [-0.25, -0.2) is 0 Å². The highest BCUT2D eigenvalue weighted by molar-refractivity contribution is 6.18. The van der Waals surface area contributed by atoms with E-state index in [0.717, 1.165) is 13.1 Å². The summed E-state index contributed by atoms with van der Waals surface area (Å²) in [7, 11) is 3.12. The fourth-order valence-corrected chi connectivity index (χ4v) is 2.48. The van der Waals surface area contributed by atoms with Gasteiger partial charge in [0.2, 0.25) is 0 Å². The standard InChI is InChI=1S/C15H21Cl2NO3.ClH/c1-20-12-3-4-13(15(11-12)21-2)14(19)5-8-18(9-6-16)10-7-17;/h3-4,11H,5-10H2,1-2H3;1H. The molecule has 0 aliphatic heterocycles. The van der Waals surface area contributed by atoms with Crippen molar-refractivity contribution in [2.45, 2.75) is 6.42 Å². The Bertz CT molecular complexity index is 452. The van der Waals surface area contributed by atoms with Crippen LogP contribution < -0.4 is 9.47 Å². The van der Waals surface area contributed by atoms with Crippen LogP contribution in [0, 0.1) is 0 Å². The van der Waals surface area contributed by atoms with Crippen molar-refractivity contribution in [3.63, 3.8) is 0 Å². The summed E-state index contributed by atoms with van der Waals surface area (Å²) in [6, 6.07) is 5.20. The molecule has 4 nitrogen and oxygen atoms in total. The minimum absolute atomic E-state index is 0. The maximum atomic E-state index is 12.3. The molecule has 0 fully saturated rings. The third kappa shape index (κ3) is 6.61. The molecule has 0 bridgehead atoms. The van der Waals surface area contributed by atoms with E-state index in [1.807, 2.05) is 0 Å². The van der Waals surface area contributed by atoms with Gasteiger partial charge in [0.15, 0.2) is 5.78 Å². The zero-order chi connectivity index (χ0) is 15.7. The summed E-state index contributed by atoms with van der Waals surface area (Å²) < 4.78 is 10.4. The molecule has 22 heavy (non-hydrogen) atoms. The van der Waals surface area contributed by atoms with E-state index in [-0.39, 0.29) is 18.2 Å². The van der Waals surface area contributed by atoms with E-state index in [4.69, 9.17) is 32.7 Å². The smallest absolute Gasteiger partial charge is 0.167 e. The van der Waals surface area contributed by atoms with E-state index in [0.29, 0.717) is 41.8 Å². The molecule has 0 amide bonds. The first-order valence-electron chi connectivity index (χ1n) is 6.75. The second kappa shape index (κ2) is 11.8. The van der Waals surface area contributed by atoms with Crippen molar-refractivity contribution < 1.29 is 14.3 Å². The van der Waals surface area contributed by atoms with E-state index in [1.165, 1.54) is 0 Å². The van der Waals surface area contributed by atoms with Crippen LogP contribution in [0.3, 0.4) is 0 Å². The molecule has 0 aliphatic carbocycles. The maximum Gasteiger partial charge on any atom is 0.167 e. The number of rotatable bonds is 10. The van der Waals surface area contributed by atoms with Crippen molar-refractivity contribution in [2.75, 3.05) is 45.6 Å². The average molecular weight is 371 g/mol. The number of hydrogen-bond donors (Lipinski definition) is 0. The molecule has 0 spiro atoms. The predicted octanol–water partition coefficient (Wildman–Crippen LogP) is 3.48. The summed E-state index contributed by atoms with van der Waals surface area (Å²) in [5.74, 6) is 2.27. The number of nitrogens with zero attached hydrogens (tertiary/aromatic N) is 1. The van der Waals surface area contributed by atoms with Gasteiger partial charge in [0.05, 0.1) is 19.8 Å². The molecule has 0 aliphatic rings. The van der Waals surface area contributed by atoms with E-state index >= 15 is 0 Å².